The van der Waals surface area contributed by atoms with E-state index in [0.717, 1.165) is 13.2 Å². The van der Waals surface area contributed by atoms with Crippen LogP contribution in [0.3, 0.4) is 0 Å². The smallest absolute Gasteiger partial charge is 0.450 e. The van der Waals surface area contributed by atoms with Crippen molar-refractivity contribution >= 4 is 6.16 Å². The zero-order valence-electron chi connectivity index (χ0n) is 7.61. The largest absolute Gasteiger partial charge is 0.503 e. The molecule has 2 N–H and O–H groups in total. The Morgan fingerprint density at radius 1 is 1.25 bits per heavy atom. The molecule has 0 aromatic carbocycles. The van der Waals surface area contributed by atoms with Gasteiger partial charge < -0.3 is 19.7 Å². The van der Waals surface area contributed by atoms with Crippen molar-refractivity contribution in [2.75, 3.05) is 13.2 Å². The van der Waals surface area contributed by atoms with Crippen LogP contribution in [-0.4, -0.2) is 35.9 Å². The molecule has 0 saturated heterocycles. The first kappa shape index (κ1) is 13.8. The SMILES string of the molecule is CCOC(C)OCC.O=C(O)O. The Morgan fingerprint density at radius 2 is 1.50 bits per heavy atom. The fourth-order valence-corrected chi connectivity index (χ4v) is 0.518. The van der Waals surface area contributed by atoms with Crippen LogP contribution in [0.25, 0.3) is 0 Å². The minimum Gasteiger partial charge on any atom is -0.450 e. The lowest BCUT2D eigenvalue weighted by molar-refractivity contribution is -0.123. The van der Waals surface area contributed by atoms with Crippen molar-refractivity contribution in [1.29, 1.82) is 0 Å². The van der Waals surface area contributed by atoms with E-state index in [9.17, 15) is 0 Å². The van der Waals surface area contributed by atoms with Crippen LogP contribution in [0.5, 0.6) is 0 Å². The van der Waals surface area contributed by atoms with Gasteiger partial charge in [0.2, 0.25) is 0 Å². The van der Waals surface area contributed by atoms with Crippen LogP contribution in [0, 0.1) is 0 Å². The third-order valence-electron chi connectivity index (χ3n) is 0.803. The lowest BCUT2D eigenvalue weighted by atomic mass is 10.7. The number of rotatable bonds is 4. The summed E-state index contributed by atoms with van der Waals surface area (Å²) in [5.74, 6) is 0. The van der Waals surface area contributed by atoms with Crippen LogP contribution in [0.1, 0.15) is 20.8 Å². The van der Waals surface area contributed by atoms with Gasteiger partial charge in [0.1, 0.15) is 0 Å². The van der Waals surface area contributed by atoms with Gasteiger partial charge in [-0.15, -0.1) is 0 Å². The second kappa shape index (κ2) is 10.2. The molecule has 0 rings (SSSR count). The number of carbonyl (C=O) groups is 1. The van der Waals surface area contributed by atoms with Gasteiger partial charge in [0, 0.05) is 13.2 Å². The molecule has 5 heteroatoms. The van der Waals surface area contributed by atoms with Crippen LogP contribution >= 0.6 is 0 Å². The maximum atomic E-state index is 8.56. The molecule has 74 valence electrons. The molecule has 0 atom stereocenters. The van der Waals surface area contributed by atoms with Crippen LogP contribution in [0.4, 0.5) is 4.79 Å². The van der Waals surface area contributed by atoms with Crippen molar-refractivity contribution in [2.24, 2.45) is 0 Å². The van der Waals surface area contributed by atoms with Crippen LogP contribution in [-0.2, 0) is 9.47 Å². The van der Waals surface area contributed by atoms with Gasteiger partial charge in [0.15, 0.2) is 6.29 Å². The summed E-state index contributed by atoms with van der Waals surface area (Å²) in [6.45, 7) is 7.25. The molecule has 0 heterocycles. The predicted molar refractivity (Wildman–Crippen MR) is 43.4 cm³/mol. The quantitative estimate of drug-likeness (QED) is 0.643. The first-order valence-electron chi connectivity index (χ1n) is 3.69. The van der Waals surface area contributed by atoms with E-state index in [-0.39, 0.29) is 6.29 Å². The third kappa shape index (κ3) is 22.9. The van der Waals surface area contributed by atoms with Gasteiger partial charge in [-0.05, 0) is 20.8 Å². The van der Waals surface area contributed by atoms with E-state index in [2.05, 4.69) is 0 Å². The Hall–Kier alpha value is -0.810. The molecule has 0 amide bonds. The molecule has 0 bridgehead atoms. The average molecular weight is 180 g/mol. The fraction of sp³-hybridized carbons (Fsp3) is 0.857. The van der Waals surface area contributed by atoms with E-state index in [1.165, 1.54) is 0 Å². The molecule has 0 aliphatic rings. The molecular formula is C7H16O5. The monoisotopic (exact) mass is 180 g/mol. The highest BCUT2D eigenvalue weighted by Crippen LogP contribution is 1.90. The van der Waals surface area contributed by atoms with E-state index >= 15 is 0 Å². The van der Waals surface area contributed by atoms with Gasteiger partial charge in [-0.3, -0.25) is 0 Å². The number of hydrogen-bond acceptors (Lipinski definition) is 3. The molecule has 0 aromatic rings. The second-order valence-electron chi connectivity index (χ2n) is 1.76. The van der Waals surface area contributed by atoms with E-state index in [1.807, 2.05) is 20.8 Å². The van der Waals surface area contributed by atoms with Crippen molar-refractivity contribution in [1.82, 2.24) is 0 Å². The van der Waals surface area contributed by atoms with E-state index < -0.39 is 6.16 Å². The highest BCUT2D eigenvalue weighted by atomic mass is 16.7. The van der Waals surface area contributed by atoms with Crippen molar-refractivity contribution in [3.63, 3.8) is 0 Å². The summed E-state index contributed by atoms with van der Waals surface area (Å²) < 4.78 is 10.1. The van der Waals surface area contributed by atoms with Gasteiger partial charge in [-0.2, -0.15) is 0 Å². The normalized spacial score (nSPS) is 9.00. The molecule has 0 aliphatic heterocycles. The molecule has 12 heavy (non-hydrogen) atoms. The topological polar surface area (TPSA) is 76.0 Å². The minimum absolute atomic E-state index is 0.0370. The molecule has 0 aromatic heterocycles. The maximum Gasteiger partial charge on any atom is 0.503 e. The molecule has 5 nitrogen and oxygen atoms in total. The summed E-state index contributed by atoms with van der Waals surface area (Å²) in [7, 11) is 0. The maximum absolute atomic E-state index is 8.56. The number of hydrogen-bond donors (Lipinski definition) is 2. The van der Waals surface area contributed by atoms with Gasteiger partial charge >= 0.3 is 6.16 Å². The molecule has 0 radical (unpaired) electrons. The van der Waals surface area contributed by atoms with Crippen LogP contribution < -0.4 is 0 Å². The number of ether oxygens (including phenoxy) is 2. The summed E-state index contributed by atoms with van der Waals surface area (Å²) >= 11 is 0. The summed E-state index contributed by atoms with van der Waals surface area (Å²) in [6, 6.07) is 0. The van der Waals surface area contributed by atoms with E-state index in [4.69, 9.17) is 24.5 Å². The van der Waals surface area contributed by atoms with Gasteiger partial charge in [0.25, 0.3) is 0 Å². The van der Waals surface area contributed by atoms with Gasteiger partial charge in [-0.1, -0.05) is 0 Å². The Morgan fingerprint density at radius 3 is 1.67 bits per heavy atom. The van der Waals surface area contributed by atoms with Crippen molar-refractivity contribution in [3.8, 4) is 0 Å². The van der Waals surface area contributed by atoms with Crippen LogP contribution in [0.2, 0.25) is 0 Å². The highest BCUT2D eigenvalue weighted by molar-refractivity contribution is 5.53. The predicted octanol–water partition coefficient (Wildman–Crippen LogP) is 1.63. The number of carboxylic acid groups (broad SMARTS) is 2. The summed E-state index contributed by atoms with van der Waals surface area (Å²) in [5, 5.41) is 13.9. The Kier molecular flexibility index (Phi) is 11.7. The molecule has 0 aliphatic carbocycles. The zero-order chi connectivity index (χ0) is 9.98. The summed E-state index contributed by atoms with van der Waals surface area (Å²) in [4.78, 5) is 8.56. The summed E-state index contributed by atoms with van der Waals surface area (Å²) in [6.07, 6.45) is -1.87. The molecule has 0 saturated carbocycles. The fourth-order valence-electron chi connectivity index (χ4n) is 0.518. The summed E-state index contributed by atoms with van der Waals surface area (Å²) in [5.41, 5.74) is 0. The van der Waals surface area contributed by atoms with Crippen molar-refractivity contribution in [2.45, 2.75) is 27.1 Å². The average Bonchev–Trinajstić information content (AvgIpc) is 1.87. The Labute approximate surface area is 71.9 Å². The Bertz CT molecular complexity index is 94.0. The van der Waals surface area contributed by atoms with Gasteiger partial charge in [-0.25, -0.2) is 4.79 Å². The highest BCUT2D eigenvalue weighted by Gasteiger charge is 1.94. The molecule has 0 spiro atoms. The third-order valence-corrected chi connectivity index (χ3v) is 0.803. The van der Waals surface area contributed by atoms with Crippen molar-refractivity contribution < 1.29 is 24.5 Å². The Balaban J connectivity index is 0. The van der Waals surface area contributed by atoms with Gasteiger partial charge in [0.05, 0.1) is 0 Å². The van der Waals surface area contributed by atoms with E-state index in [0.29, 0.717) is 0 Å². The minimum atomic E-state index is -1.83. The zero-order valence-corrected chi connectivity index (χ0v) is 7.61. The van der Waals surface area contributed by atoms with E-state index in [1.54, 1.807) is 0 Å². The first-order valence-corrected chi connectivity index (χ1v) is 3.69. The lowest BCUT2D eigenvalue weighted by Gasteiger charge is -2.09. The first-order chi connectivity index (χ1) is 5.54. The van der Waals surface area contributed by atoms with Crippen LogP contribution in [0.15, 0.2) is 0 Å². The molecule has 0 unspecified atom stereocenters. The molecule has 0 fully saturated rings. The molecular weight excluding hydrogens is 164 g/mol. The second-order valence-corrected chi connectivity index (χ2v) is 1.76. The van der Waals surface area contributed by atoms with Crippen molar-refractivity contribution in [3.05, 3.63) is 0 Å². The standard InChI is InChI=1S/C6H14O2.CH2O3/c1-4-7-6(3)8-5-2;2-1(3)4/h6H,4-5H2,1-3H3;(H2,2,3,4). The lowest BCUT2D eigenvalue weighted by Crippen LogP contribution is -2.11.